The lowest BCUT2D eigenvalue weighted by Crippen LogP contribution is -2.01. The summed E-state index contributed by atoms with van der Waals surface area (Å²) in [6.45, 7) is 0. The average Bonchev–Trinajstić information content (AvgIpc) is 3.50. The van der Waals surface area contributed by atoms with Gasteiger partial charge in [-0.2, -0.15) is 0 Å². The topological polar surface area (TPSA) is 51.8 Å². The highest BCUT2D eigenvalue weighted by atomic mass is 16.3. The van der Waals surface area contributed by atoms with Crippen LogP contribution in [-0.2, 0) is 0 Å². The van der Waals surface area contributed by atoms with E-state index in [0.717, 1.165) is 65.9 Å². The van der Waals surface area contributed by atoms with Gasteiger partial charge in [0.05, 0.1) is 5.56 Å². The van der Waals surface area contributed by atoms with Crippen molar-refractivity contribution in [3.63, 3.8) is 0 Å². The number of para-hydroxylation sites is 2. The zero-order valence-corrected chi connectivity index (χ0v) is 24.2. The Bertz CT molecular complexity index is 2550. The zero-order valence-electron chi connectivity index (χ0n) is 24.2. The van der Waals surface area contributed by atoms with Crippen molar-refractivity contribution in [1.82, 2.24) is 15.0 Å². The molecular weight excluding hydrogens is 550 g/mol. The molecule has 45 heavy (non-hydrogen) atoms. The van der Waals surface area contributed by atoms with Crippen molar-refractivity contribution in [3.05, 3.63) is 152 Å². The molecular formula is C41H25N3O. The van der Waals surface area contributed by atoms with Crippen molar-refractivity contribution in [2.45, 2.75) is 0 Å². The monoisotopic (exact) mass is 575 g/mol. The maximum atomic E-state index is 6.45. The van der Waals surface area contributed by atoms with Gasteiger partial charge >= 0.3 is 0 Å². The number of hydrogen-bond acceptors (Lipinski definition) is 4. The van der Waals surface area contributed by atoms with Gasteiger partial charge in [-0.05, 0) is 39.4 Å². The molecule has 0 atom stereocenters. The molecule has 0 aliphatic rings. The summed E-state index contributed by atoms with van der Waals surface area (Å²) < 4.78 is 6.45. The SMILES string of the molecule is c1ccc(-c2ccccc2-c2nc(-c3cccc4c3oc3ccccc34)nc(-c3cccc4ccc5ccccc5c34)n2)cc1. The van der Waals surface area contributed by atoms with Gasteiger partial charge < -0.3 is 4.42 Å². The van der Waals surface area contributed by atoms with Crippen molar-refractivity contribution in [1.29, 1.82) is 0 Å². The Balaban J connectivity index is 1.37. The van der Waals surface area contributed by atoms with Gasteiger partial charge in [0.1, 0.15) is 11.2 Å². The molecule has 4 heteroatoms. The van der Waals surface area contributed by atoms with Gasteiger partial charge in [0.15, 0.2) is 17.5 Å². The first-order valence-electron chi connectivity index (χ1n) is 15.0. The minimum Gasteiger partial charge on any atom is -0.455 e. The second kappa shape index (κ2) is 10.2. The molecule has 2 aromatic heterocycles. The summed E-state index contributed by atoms with van der Waals surface area (Å²) in [7, 11) is 0. The summed E-state index contributed by atoms with van der Waals surface area (Å²) in [6, 6.07) is 52.1. The number of aromatic nitrogens is 3. The highest BCUT2D eigenvalue weighted by molar-refractivity contribution is 6.14. The molecule has 0 aliphatic heterocycles. The van der Waals surface area contributed by atoms with E-state index in [1.54, 1.807) is 0 Å². The lowest BCUT2D eigenvalue weighted by Gasteiger charge is -2.14. The standard InChI is InChI=1S/C41H25N3O/c1-2-12-26(13-3-1)29-16-6-7-19-33(29)39-42-40(34-21-10-15-28-25-24-27-14-4-5-17-30(27)37(28)34)44-41(43-39)35-22-11-20-32-31-18-8-9-23-36(31)45-38(32)35/h1-25H. The lowest BCUT2D eigenvalue weighted by atomic mass is 9.97. The molecule has 0 amide bonds. The molecule has 0 spiro atoms. The van der Waals surface area contributed by atoms with Crippen molar-refractivity contribution in [2.24, 2.45) is 0 Å². The van der Waals surface area contributed by atoms with E-state index in [4.69, 9.17) is 19.4 Å². The van der Waals surface area contributed by atoms with E-state index in [1.807, 2.05) is 42.5 Å². The Morgan fingerprint density at radius 2 is 0.911 bits per heavy atom. The third-order valence-electron chi connectivity index (χ3n) is 8.54. The molecule has 9 rings (SSSR count). The number of hydrogen-bond donors (Lipinski definition) is 0. The first-order chi connectivity index (χ1) is 22.3. The van der Waals surface area contributed by atoms with E-state index < -0.39 is 0 Å². The van der Waals surface area contributed by atoms with Crippen LogP contribution < -0.4 is 0 Å². The van der Waals surface area contributed by atoms with Crippen LogP contribution in [0.3, 0.4) is 0 Å². The van der Waals surface area contributed by atoms with Crippen LogP contribution in [0.4, 0.5) is 0 Å². The molecule has 210 valence electrons. The van der Waals surface area contributed by atoms with E-state index >= 15 is 0 Å². The van der Waals surface area contributed by atoms with Crippen molar-refractivity contribution in [2.75, 3.05) is 0 Å². The Hall–Kier alpha value is -6.13. The van der Waals surface area contributed by atoms with E-state index in [2.05, 4.69) is 109 Å². The van der Waals surface area contributed by atoms with Crippen LogP contribution in [0, 0.1) is 0 Å². The van der Waals surface area contributed by atoms with Crippen molar-refractivity contribution in [3.8, 4) is 45.3 Å². The fraction of sp³-hybridized carbons (Fsp3) is 0. The summed E-state index contributed by atoms with van der Waals surface area (Å²) in [5, 5.41) is 6.70. The summed E-state index contributed by atoms with van der Waals surface area (Å²) in [5.41, 5.74) is 6.50. The van der Waals surface area contributed by atoms with Gasteiger partial charge in [0, 0.05) is 27.3 Å². The summed E-state index contributed by atoms with van der Waals surface area (Å²) in [4.78, 5) is 15.6. The molecule has 0 fully saturated rings. The number of rotatable bonds is 4. The van der Waals surface area contributed by atoms with Gasteiger partial charge in [-0.3, -0.25) is 0 Å². The fourth-order valence-corrected chi connectivity index (χ4v) is 6.45. The molecule has 0 aliphatic carbocycles. The largest absolute Gasteiger partial charge is 0.455 e. The molecule has 4 nitrogen and oxygen atoms in total. The van der Waals surface area contributed by atoms with Crippen molar-refractivity contribution >= 4 is 43.5 Å². The van der Waals surface area contributed by atoms with Crippen LogP contribution in [0.15, 0.2) is 156 Å². The first-order valence-corrected chi connectivity index (χ1v) is 15.0. The molecule has 0 N–H and O–H groups in total. The van der Waals surface area contributed by atoms with Crippen LogP contribution >= 0.6 is 0 Å². The average molecular weight is 576 g/mol. The maximum absolute atomic E-state index is 6.45. The molecule has 0 unspecified atom stereocenters. The zero-order chi connectivity index (χ0) is 29.7. The second-order valence-electron chi connectivity index (χ2n) is 11.2. The number of fused-ring (bicyclic) bond motifs is 6. The predicted octanol–water partition coefficient (Wildman–Crippen LogP) is 10.7. The highest BCUT2D eigenvalue weighted by Crippen LogP contribution is 2.39. The third-order valence-corrected chi connectivity index (χ3v) is 8.54. The molecule has 9 aromatic rings. The minimum absolute atomic E-state index is 0.569. The Morgan fingerprint density at radius 3 is 1.78 bits per heavy atom. The number of furan rings is 1. The molecule has 7 aromatic carbocycles. The third kappa shape index (κ3) is 4.19. The highest BCUT2D eigenvalue weighted by Gasteiger charge is 2.20. The van der Waals surface area contributed by atoms with E-state index in [9.17, 15) is 0 Å². The van der Waals surface area contributed by atoms with Gasteiger partial charge in [-0.1, -0.05) is 140 Å². The first kappa shape index (κ1) is 25.4. The van der Waals surface area contributed by atoms with E-state index in [0.29, 0.717) is 17.5 Å². The van der Waals surface area contributed by atoms with Crippen LogP contribution in [0.5, 0.6) is 0 Å². The smallest absolute Gasteiger partial charge is 0.167 e. The Morgan fingerprint density at radius 1 is 0.356 bits per heavy atom. The quantitative estimate of drug-likeness (QED) is 0.196. The molecule has 0 radical (unpaired) electrons. The van der Waals surface area contributed by atoms with E-state index in [-0.39, 0.29) is 0 Å². The molecule has 0 bridgehead atoms. The summed E-state index contributed by atoms with van der Waals surface area (Å²) in [5.74, 6) is 1.80. The number of benzene rings is 7. The van der Waals surface area contributed by atoms with Crippen molar-refractivity contribution < 1.29 is 4.42 Å². The lowest BCUT2D eigenvalue weighted by molar-refractivity contribution is 0.669. The Kier molecular flexibility index (Phi) is 5.78. The molecule has 2 heterocycles. The maximum Gasteiger partial charge on any atom is 0.167 e. The summed E-state index contributed by atoms with van der Waals surface area (Å²) in [6.07, 6.45) is 0. The fourth-order valence-electron chi connectivity index (χ4n) is 6.45. The normalized spacial score (nSPS) is 11.6. The minimum atomic E-state index is 0.569. The van der Waals surface area contributed by atoms with Gasteiger partial charge in [-0.15, -0.1) is 0 Å². The number of nitrogens with zero attached hydrogens (tertiary/aromatic N) is 3. The Labute approximate surface area is 259 Å². The van der Waals surface area contributed by atoms with Crippen LogP contribution in [0.1, 0.15) is 0 Å². The predicted molar refractivity (Wildman–Crippen MR) is 184 cm³/mol. The van der Waals surface area contributed by atoms with Crippen LogP contribution in [0.2, 0.25) is 0 Å². The van der Waals surface area contributed by atoms with Crippen LogP contribution in [0.25, 0.3) is 88.8 Å². The van der Waals surface area contributed by atoms with Gasteiger partial charge in [0.2, 0.25) is 0 Å². The molecule has 0 saturated heterocycles. The summed E-state index contributed by atoms with van der Waals surface area (Å²) >= 11 is 0. The van der Waals surface area contributed by atoms with Gasteiger partial charge in [-0.25, -0.2) is 15.0 Å². The van der Waals surface area contributed by atoms with E-state index in [1.165, 1.54) is 5.39 Å². The van der Waals surface area contributed by atoms with Crippen LogP contribution in [-0.4, -0.2) is 15.0 Å². The second-order valence-corrected chi connectivity index (χ2v) is 11.2. The molecule has 0 saturated carbocycles. The van der Waals surface area contributed by atoms with Gasteiger partial charge in [0.25, 0.3) is 0 Å².